The molecule has 2 saturated heterocycles. The molecule has 300 valence electrons. The molecule has 1 aromatic carbocycles. The van der Waals surface area contributed by atoms with E-state index in [0.717, 1.165) is 12.3 Å². The monoisotopic (exact) mass is 778 g/mol. The fourth-order valence-corrected chi connectivity index (χ4v) is 6.96. The molecule has 5 aliphatic rings. The number of ether oxygens (including phenoxy) is 8. The molecule has 0 unspecified atom stereocenters. The fourth-order valence-electron chi connectivity index (χ4n) is 6.96. The lowest BCUT2D eigenvalue weighted by atomic mass is 9.78. The molecule has 55 heavy (non-hydrogen) atoms. The van der Waals surface area contributed by atoms with Gasteiger partial charge < -0.3 is 78.7 Å². The summed E-state index contributed by atoms with van der Waals surface area (Å²) < 4.78 is 44.3. The predicted octanol–water partition coefficient (Wildman–Crippen LogP) is -2.94. The standard InChI is InChI=1S/C36H42O19/c1-15(50-23(39)8-5-16-3-6-17(7-4-16)51-34-29(44)27(42)25(40)21(12-37)52-34)19-11-36(55-32(19)47)10-9-18-20(31(46)48-2)14-49-33(24(18)36)54-35-30(45)28(43)26(41)22(13-38)53-35/h3-11,14-15,18,21-22,24-30,33-35,37-38,40-45H,12-13H2,1-2H3/b8-5+/t15-,18+,21+,22-,24+,25-,26-,27-,28+,29-,30-,33-,34+,35+,36+/m0/s1. The predicted molar refractivity (Wildman–Crippen MR) is 178 cm³/mol. The first-order valence-corrected chi connectivity index (χ1v) is 17.2. The lowest BCUT2D eigenvalue weighted by molar-refractivity contribution is -0.344. The Kier molecular flexibility index (Phi) is 12.1. The molecule has 0 aromatic heterocycles. The van der Waals surface area contributed by atoms with Crippen LogP contribution in [0.5, 0.6) is 5.75 Å². The van der Waals surface area contributed by atoms with Crippen molar-refractivity contribution in [3.05, 3.63) is 71.5 Å². The summed E-state index contributed by atoms with van der Waals surface area (Å²) in [6, 6.07) is 6.09. The molecule has 1 spiro atoms. The Labute approximate surface area is 312 Å². The number of aliphatic hydroxyl groups excluding tert-OH is 8. The summed E-state index contributed by atoms with van der Waals surface area (Å²) in [6.07, 6.45) is -9.86. The van der Waals surface area contributed by atoms with Crippen LogP contribution in [0.3, 0.4) is 0 Å². The van der Waals surface area contributed by atoms with Crippen LogP contribution in [0, 0.1) is 11.8 Å². The molecule has 1 aromatic rings. The van der Waals surface area contributed by atoms with Crippen molar-refractivity contribution in [1.29, 1.82) is 0 Å². The van der Waals surface area contributed by atoms with E-state index in [-0.39, 0.29) is 16.9 Å². The molecule has 2 fully saturated rings. The van der Waals surface area contributed by atoms with Crippen LogP contribution in [0.25, 0.3) is 6.08 Å². The summed E-state index contributed by atoms with van der Waals surface area (Å²) in [5.74, 6) is -4.10. The molecular formula is C36H42O19. The van der Waals surface area contributed by atoms with Gasteiger partial charge in [0.25, 0.3) is 0 Å². The van der Waals surface area contributed by atoms with Gasteiger partial charge in [0.2, 0.25) is 12.6 Å². The Morgan fingerprint density at radius 1 is 0.873 bits per heavy atom. The number of carbonyl (C=O) groups excluding carboxylic acids is 3. The topological polar surface area (TPSA) is 287 Å². The van der Waals surface area contributed by atoms with Gasteiger partial charge in [-0.25, -0.2) is 14.4 Å². The van der Waals surface area contributed by atoms with Gasteiger partial charge in [0.15, 0.2) is 11.9 Å². The molecule has 0 radical (unpaired) electrons. The molecule has 6 rings (SSSR count). The zero-order chi connectivity index (χ0) is 39.8. The zero-order valence-electron chi connectivity index (χ0n) is 29.3. The minimum absolute atomic E-state index is 0.0465. The number of aliphatic hydroxyl groups is 8. The highest BCUT2D eigenvalue weighted by Gasteiger charge is 2.60. The van der Waals surface area contributed by atoms with Crippen LogP contribution in [-0.4, -0.2) is 158 Å². The van der Waals surface area contributed by atoms with E-state index in [2.05, 4.69) is 0 Å². The van der Waals surface area contributed by atoms with E-state index in [4.69, 9.17) is 37.9 Å². The van der Waals surface area contributed by atoms with Gasteiger partial charge in [0.1, 0.15) is 60.7 Å². The van der Waals surface area contributed by atoms with Crippen LogP contribution in [0.1, 0.15) is 12.5 Å². The third kappa shape index (κ3) is 7.91. The van der Waals surface area contributed by atoms with Gasteiger partial charge in [-0.2, -0.15) is 0 Å². The van der Waals surface area contributed by atoms with Crippen LogP contribution in [0.15, 0.2) is 66.0 Å². The average Bonchev–Trinajstić information content (AvgIpc) is 3.73. The summed E-state index contributed by atoms with van der Waals surface area (Å²) in [6.45, 7) is 0.110. The third-order valence-corrected chi connectivity index (χ3v) is 10.0. The maximum Gasteiger partial charge on any atom is 0.338 e. The number of methoxy groups -OCH3 is 1. The first-order chi connectivity index (χ1) is 26.2. The van der Waals surface area contributed by atoms with E-state index in [1.807, 2.05) is 0 Å². The normalized spacial score (nSPS) is 38.8. The molecule has 19 heteroatoms. The van der Waals surface area contributed by atoms with Gasteiger partial charge >= 0.3 is 17.9 Å². The van der Waals surface area contributed by atoms with Crippen molar-refractivity contribution in [2.24, 2.45) is 11.8 Å². The summed E-state index contributed by atoms with van der Waals surface area (Å²) in [5.41, 5.74) is -1.12. The van der Waals surface area contributed by atoms with E-state index >= 15 is 0 Å². The molecule has 4 heterocycles. The number of esters is 3. The molecule has 19 nitrogen and oxygen atoms in total. The molecule has 0 amide bonds. The van der Waals surface area contributed by atoms with Gasteiger partial charge in [0, 0.05) is 12.0 Å². The maximum atomic E-state index is 13.3. The zero-order valence-corrected chi connectivity index (χ0v) is 29.3. The number of benzene rings is 1. The van der Waals surface area contributed by atoms with Crippen molar-refractivity contribution in [3.8, 4) is 5.75 Å². The van der Waals surface area contributed by atoms with Crippen molar-refractivity contribution < 1.29 is 93.1 Å². The molecule has 4 aliphatic heterocycles. The fraction of sp³-hybridized carbons (Fsp3) is 0.528. The quantitative estimate of drug-likeness (QED) is 0.0483. The van der Waals surface area contributed by atoms with Crippen LogP contribution in [-0.2, 0) is 47.5 Å². The van der Waals surface area contributed by atoms with Gasteiger partial charge in [-0.05, 0) is 42.8 Å². The molecule has 1 aliphatic carbocycles. The van der Waals surface area contributed by atoms with E-state index in [0.29, 0.717) is 5.56 Å². The summed E-state index contributed by atoms with van der Waals surface area (Å²) in [4.78, 5) is 38.8. The van der Waals surface area contributed by atoms with E-state index in [1.54, 1.807) is 18.2 Å². The van der Waals surface area contributed by atoms with Gasteiger partial charge in [-0.15, -0.1) is 0 Å². The molecule has 0 bridgehead atoms. The Balaban J connectivity index is 1.13. The van der Waals surface area contributed by atoms with Gasteiger partial charge in [-0.3, -0.25) is 0 Å². The first kappa shape index (κ1) is 40.4. The highest BCUT2D eigenvalue weighted by molar-refractivity contribution is 5.95. The Hall–Kier alpha value is -4.25. The summed E-state index contributed by atoms with van der Waals surface area (Å²) in [5, 5.41) is 80.2. The number of hydrogen-bond donors (Lipinski definition) is 8. The number of rotatable bonds is 11. The van der Waals surface area contributed by atoms with E-state index in [9.17, 15) is 55.2 Å². The highest BCUT2D eigenvalue weighted by Crippen LogP contribution is 2.51. The van der Waals surface area contributed by atoms with Crippen molar-refractivity contribution in [1.82, 2.24) is 0 Å². The smallest absolute Gasteiger partial charge is 0.338 e. The Morgan fingerprint density at radius 2 is 1.49 bits per heavy atom. The molecule has 0 saturated carbocycles. The van der Waals surface area contributed by atoms with Crippen LogP contribution in [0.2, 0.25) is 0 Å². The summed E-state index contributed by atoms with van der Waals surface area (Å²) in [7, 11) is 1.17. The second-order valence-electron chi connectivity index (χ2n) is 13.5. The van der Waals surface area contributed by atoms with Gasteiger partial charge in [0.05, 0.1) is 43.6 Å². The Bertz CT molecular complexity index is 1700. The van der Waals surface area contributed by atoms with E-state index < -0.39 is 122 Å². The SMILES string of the molecule is COC(=O)C1=CO[C@@H](O[C@H]2O[C@@H](CO)[C@H](O)[C@@H](O)[C@@H]2O)[C@H]2[C@@H]1C=C[C@@]21C=C([C@H](C)OC(=O)/C=C/c2ccc(O[C@@H]3O[C@H](CO)[C@H](O)[C@H](O)[C@@H]3O)cc2)C(=O)O1. The molecule has 15 atom stereocenters. The van der Waals surface area contributed by atoms with Crippen molar-refractivity contribution in [2.75, 3.05) is 20.3 Å². The van der Waals surface area contributed by atoms with Crippen LogP contribution >= 0.6 is 0 Å². The first-order valence-electron chi connectivity index (χ1n) is 17.2. The van der Waals surface area contributed by atoms with Crippen LogP contribution in [0.4, 0.5) is 0 Å². The average molecular weight is 779 g/mol. The second-order valence-corrected chi connectivity index (χ2v) is 13.5. The van der Waals surface area contributed by atoms with Crippen molar-refractivity contribution >= 4 is 24.0 Å². The summed E-state index contributed by atoms with van der Waals surface area (Å²) >= 11 is 0. The third-order valence-electron chi connectivity index (χ3n) is 10.0. The lowest BCUT2D eigenvalue weighted by Gasteiger charge is -2.44. The number of fused-ring (bicyclic) bond motifs is 2. The minimum Gasteiger partial charge on any atom is -0.471 e. The largest absolute Gasteiger partial charge is 0.471 e. The molecular weight excluding hydrogens is 736 g/mol. The van der Waals surface area contributed by atoms with E-state index in [1.165, 1.54) is 44.4 Å². The maximum absolute atomic E-state index is 13.3. The minimum atomic E-state index is -1.79. The second kappa shape index (κ2) is 16.5. The van der Waals surface area contributed by atoms with Crippen molar-refractivity contribution in [2.45, 2.75) is 86.3 Å². The number of carbonyl (C=O) groups is 3. The van der Waals surface area contributed by atoms with Crippen LogP contribution < -0.4 is 4.74 Å². The number of hydrogen-bond acceptors (Lipinski definition) is 19. The highest BCUT2D eigenvalue weighted by atomic mass is 16.8. The number of allylic oxidation sites excluding steroid dienone is 1. The van der Waals surface area contributed by atoms with Crippen molar-refractivity contribution in [3.63, 3.8) is 0 Å². The lowest BCUT2D eigenvalue weighted by Crippen LogP contribution is -2.60. The van der Waals surface area contributed by atoms with Gasteiger partial charge in [-0.1, -0.05) is 18.2 Å². The molecule has 8 N–H and O–H groups in total. The Morgan fingerprint density at radius 3 is 2.11 bits per heavy atom.